The molecule has 1 aromatic carbocycles. The maximum Gasteiger partial charge on any atom is 0.387 e. The van der Waals surface area contributed by atoms with Crippen molar-refractivity contribution in [2.45, 2.75) is 18.4 Å². The Morgan fingerprint density at radius 1 is 1.44 bits per heavy atom. The van der Waals surface area contributed by atoms with Gasteiger partial charge in [-0.15, -0.1) is 0 Å². The van der Waals surface area contributed by atoms with Crippen LogP contribution in [0.15, 0.2) is 22.7 Å². The topological polar surface area (TPSA) is 26.3 Å². The van der Waals surface area contributed by atoms with E-state index in [1.165, 1.54) is 18.2 Å². The van der Waals surface area contributed by atoms with Gasteiger partial charge in [-0.2, -0.15) is 8.78 Å². The highest BCUT2D eigenvalue weighted by Gasteiger charge is 2.15. The molecule has 1 aromatic rings. The fraction of sp³-hybridized carbons (Fsp3) is 0.300. The maximum absolute atomic E-state index is 12.0. The number of ether oxygens (including phenoxy) is 1. The van der Waals surface area contributed by atoms with Gasteiger partial charge in [0.2, 0.25) is 0 Å². The number of rotatable bonds is 4. The molecule has 0 spiro atoms. The van der Waals surface area contributed by atoms with E-state index in [9.17, 15) is 13.6 Å². The molecule has 0 N–H and O–H groups in total. The second kappa shape index (κ2) is 5.72. The lowest BCUT2D eigenvalue weighted by Crippen LogP contribution is -2.10. The minimum Gasteiger partial charge on any atom is -0.434 e. The zero-order valence-electron chi connectivity index (χ0n) is 8.22. The molecule has 88 valence electrons. The van der Waals surface area contributed by atoms with Gasteiger partial charge in [-0.25, -0.2) is 0 Å². The number of benzene rings is 1. The van der Waals surface area contributed by atoms with Crippen LogP contribution in [0.4, 0.5) is 8.78 Å². The van der Waals surface area contributed by atoms with Gasteiger partial charge in [-0.3, -0.25) is 4.79 Å². The first-order valence-corrected chi connectivity index (χ1v) is 6.05. The molecular formula is C10H8Br2F2O2. The van der Waals surface area contributed by atoms with Crippen LogP contribution in [-0.2, 0) is 0 Å². The van der Waals surface area contributed by atoms with E-state index in [2.05, 4.69) is 36.6 Å². The third-order valence-corrected chi connectivity index (χ3v) is 2.83. The van der Waals surface area contributed by atoms with Crippen LogP contribution in [0.25, 0.3) is 0 Å². The van der Waals surface area contributed by atoms with E-state index in [1.807, 2.05) is 0 Å². The first-order valence-electron chi connectivity index (χ1n) is 4.34. The number of carbonyl (C=O) groups is 1. The van der Waals surface area contributed by atoms with Crippen molar-refractivity contribution in [2.24, 2.45) is 0 Å². The molecule has 6 heteroatoms. The summed E-state index contributed by atoms with van der Waals surface area (Å²) in [6.45, 7) is -1.19. The number of hydrogen-bond donors (Lipinski definition) is 0. The SMILES string of the molecule is CC(Br)C(=O)c1ccc(OC(F)F)c(Br)c1. The quantitative estimate of drug-likeness (QED) is 0.601. The van der Waals surface area contributed by atoms with Crippen molar-refractivity contribution in [3.05, 3.63) is 28.2 Å². The molecule has 1 atom stereocenters. The average Bonchev–Trinajstić information content (AvgIpc) is 2.19. The van der Waals surface area contributed by atoms with Crippen molar-refractivity contribution in [2.75, 3.05) is 0 Å². The van der Waals surface area contributed by atoms with Crippen LogP contribution in [0.5, 0.6) is 5.75 Å². The van der Waals surface area contributed by atoms with Crippen LogP contribution >= 0.6 is 31.9 Å². The number of hydrogen-bond acceptors (Lipinski definition) is 2. The highest BCUT2D eigenvalue weighted by molar-refractivity contribution is 9.10. The van der Waals surface area contributed by atoms with Gasteiger partial charge in [0.15, 0.2) is 5.78 Å². The second-order valence-corrected chi connectivity index (χ2v) is 5.23. The van der Waals surface area contributed by atoms with Gasteiger partial charge in [0.1, 0.15) is 5.75 Å². The lowest BCUT2D eigenvalue weighted by atomic mass is 10.1. The molecule has 0 bridgehead atoms. The summed E-state index contributed by atoms with van der Waals surface area (Å²) in [5, 5.41) is 0. The van der Waals surface area contributed by atoms with E-state index < -0.39 is 6.61 Å². The van der Waals surface area contributed by atoms with Crippen molar-refractivity contribution < 1.29 is 18.3 Å². The highest BCUT2D eigenvalue weighted by Crippen LogP contribution is 2.28. The molecule has 2 nitrogen and oxygen atoms in total. The van der Waals surface area contributed by atoms with E-state index in [1.54, 1.807) is 6.92 Å². The number of Topliss-reactive ketones (excluding diaryl/α,β-unsaturated/α-hetero) is 1. The molecule has 0 radical (unpaired) electrons. The zero-order valence-corrected chi connectivity index (χ0v) is 11.4. The van der Waals surface area contributed by atoms with Crippen LogP contribution in [0.1, 0.15) is 17.3 Å². The van der Waals surface area contributed by atoms with E-state index in [0.717, 1.165) is 0 Å². The summed E-state index contributed by atoms with van der Waals surface area (Å²) in [7, 11) is 0. The van der Waals surface area contributed by atoms with Gasteiger partial charge in [-0.05, 0) is 41.1 Å². The van der Waals surface area contributed by atoms with Crippen LogP contribution in [-0.4, -0.2) is 17.2 Å². The molecular weight excluding hydrogens is 350 g/mol. The summed E-state index contributed by atoms with van der Waals surface area (Å²) in [4.78, 5) is 11.3. The summed E-state index contributed by atoms with van der Waals surface area (Å²) < 4.78 is 28.5. The predicted octanol–water partition coefficient (Wildman–Crippen LogP) is 4.02. The Bertz CT molecular complexity index is 394. The van der Waals surface area contributed by atoms with Crippen molar-refractivity contribution in [1.29, 1.82) is 0 Å². The molecule has 0 fully saturated rings. The van der Waals surface area contributed by atoms with Gasteiger partial charge in [0, 0.05) is 5.56 Å². The van der Waals surface area contributed by atoms with Gasteiger partial charge in [0.05, 0.1) is 9.30 Å². The zero-order chi connectivity index (χ0) is 12.3. The van der Waals surface area contributed by atoms with Gasteiger partial charge < -0.3 is 4.74 Å². The van der Waals surface area contributed by atoms with E-state index >= 15 is 0 Å². The summed E-state index contributed by atoms with van der Waals surface area (Å²) in [6, 6.07) is 4.24. The molecule has 0 heterocycles. The van der Waals surface area contributed by atoms with E-state index in [-0.39, 0.29) is 16.4 Å². The summed E-state index contributed by atoms with van der Waals surface area (Å²) in [5.74, 6) is -0.113. The van der Waals surface area contributed by atoms with Crippen LogP contribution in [0.2, 0.25) is 0 Å². The van der Waals surface area contributed by atoms with Crippen molar-refractivity contribution in [1.82, 2.24) is 0 Å². The summed E-state index contributed by atoms with van der Waals surface area (Å²) >= 11 is 6.21. The fourth-order valence-electron chi connectivity index (χ4n) is 1.08. The molecule has 0 amide bonds. The van der Waals surface area contributed by atoms with Crippen LogP contribution in [0, 0.1) is 0 Å². The molecule has 0 saturated carbocycles. The molecule has 1 unspecified atom stereocenters. The summed E-state index contributed by atoms with van der Waals surface area (Å²) in [6.07, 6.45) is 0. The number of carbonyl (C=O) groups excluding carboxylic acids is 1. The summed E-state index contributed by atoms with van der Waals surface area (Å²) in [5.41, 5.74) is 0.429. The lowest BCUT2D eigenvalue weighted by Gasteiger charge is -2.08. The second-order valence-electron chi connectivity index (χ2n) is 3.00. The Morgan fingerprint density at radius 2 is 2.06 bits per heavy atom. The van der Waals surface area contributed by atoms with Gasteiger partial charge in [0.25, 0.3) is 0 Å². The minimum atomic E-state index is -2.88. The average molecular weight is 358 g/mol. The predicted molar refractivity (Wildman–Crippen MR) is 63.5 cm³/mol. The monoisotopic (exact) mass is 356 g/mol. The minimum absolute atomic E-state index is 0.00813. The highest BCUT2D eigenvalue weighted by atomic mass is 79.9. The largest absolute Gasteiger partial charge is 0.434 e. The van der Waals surface area contributed by atoms with E-state index in [0.29, 0.717) is 10.0 Å². The first kappa shape index (κ1) is 13.6. The Balaban J connectivity index is 2.95. The van der Waals surface area contributed by atoms with Crippen molar-refractivity contribution >= 4 is 37.6 Å². The maximum atomic E-state index is 12.0. The third kappa shape index (κ3) is 3.52. The van der Waals surface area contributed by atoms with Gasteiger partial charge >= 0.3 is 6.61 Å². The molecule has 0 aromatic heterocycles. The normalized spacial score (nSPS) is 12.6. The molecule has 0 aliphatic carbocycles. The van der Waals surface area contributed by atoms with Crippen molar-refractivity contribution in [3.63, 3.8) is 0 Å². The Hall–Kier alpha value is -0.490. The Kier molecular flexibility index (Phi) is 4.86. The first-order chi connectivity index (χ1) is 7.41. The number of halogens is 4. The molecule has 0 aliphatic heterocycles. The van der Waals surface area contributed by atoms with Crippen LogP contribution in [0.3, 0.4) is 0 Å². The Labute approximate surface area is 108 Å². The van der Waals surface area contributed by atoms with Crippen LogP contribution < -0.4 is 4.74 Å². The van der Waals surface area contributed by atoms with Gasteiger partial charge in [-0.1, -0.05) is 15.9 Å². The lowest BCUT2D eigenvalue weighted by molar-refractivity contribution is -0.0503. The molecule has 1 rings (SSSR count). The molecule has 0 saturated heterocycles. The molecule has 16 heavy (non-hydrogen) atoms. The van der Waals surface area contributed by atoms with Crippen molar-refractivity contribution in [3.8, 4) is 5.75 Å². The fourth-order valence-corrected chi connectivity index (χ4v) is 1.81. The standard InChI is InChI=1S/C10H8Br2F2O2/c1-5(11)9(15)6-2-3-8(7(12)4-6)16-10(13)14/h2-5,10H,1H3. The van der Waals surface area contributed by atoms with E-state index in [4.69, 9.17) is 0 Å². The molecule has 0 aliphatic rings. The Morgan fingerprint density at radius 3 is 2.50 bits per heavy atom. The smallest absolute Gasteiger partial charge is 0.387 e. The number of ketones is 1. The third-order valence-electron chi connectivity index (χ3n) is 1.79. The number of alkyl halides is 3.